The van der Waals surface area contributed by atoms with Gasteiger partial charge in [0.25, 0.3) is 0 Å². The van der Waals surface area contributed by atoms with E-state index in [0.717, 1.165) is 5.56 Å². The van der Waals surface area contributed by atoms with Crippen LogP contribution in [-0.2, 0) is 17.8 Å². The maximum Gasteiger partial charge on any atom is 0.410 e. The van der Waals surface area contributed by atoms with E-state index >= 15 is 0 Å². The molecule has 0 radical (unpaired) electrons. The zero-order valence-corrected chi connectivity index (χ0v) is 13.9. The highest BCUT2D eigenvalue weighted by atomic mass is 16.6. The summed E-state index contributed by atoms with van der Waals surface area (Å²) in [4.78, 5) is 34.6. The summed E-state index contributed by atoms with van der Waals surface area (Å²) in [6, 6.07) is 8.90. The Kier molecular flexibility index (Phi) is 4.05. The van der Waals surface area contributed by atoms with E-state index in [0.29, 0.717) is 24.3 Å². The third-order valence-corrected chi connectivity index (χ3v) is 3.55. The first kappa shape index (κ1) is 16.1. The maximum absolute atomic E-state index is 12.4. The first-order valence-electron chi connectivity index (χ1n) is 7.76. The van der Waals surface area contributed by atoms with Crippen LogP contribution in [0.25, 0.3) is 0 Å². The van der Waals surface area contributed by atoms with Gasteiger partial charge in [-0.2, -0.15) is 0 Å². The van der Waals surface area contributed by atoms with Crippen LogP contribution >= 0.6 is 0 Å². The van der Waals surface area contributed by atoms with E-state index < -0.39 is 11.7 Å². The summed E-state index contributed by atoms with van der Waals surface area (Å²) >= 11 is 0. The van der Waals surface area contributed by atoms with Crippen LogP contribution in [0.2, 0.25) is 0 Å². The van der Waals surface area contributed by atoms with Crippen molar-refractivity contribution < 1.29 is 14.3 Å². The van der Waals surface area contributed by atoms with Crippen molar-refractivity contribution in [2.75, 3.05) is 0 Å². The second-order valence-electron chi connectivity index (χ2n) is 6.70. The molecule has 0 unspecified atom stereocenters. The molecule has 0 aliphatic carbocycles. The first-order valence-corrected chi connectivity index (χ1v) is 7.76. The highest BCUT2D eigenvalue weighted by Crippen LogP contribution is 2.23. The summed E-state index contributed by atoms with van der Waals surface area (Å²) in [5.74, 6) is -0.0832. The average Bonchev–Trinajstić information content (AvgIpc) is 2.96. The number of fused-ring (bicyclic) bond motifs is 1. The van der Waals surface area contributed by atoms with Crippen LogP contribution in [0.4, 0.5) is 4.79 Å². The highest BCUT2D eigenvalue weighted by Gasteiger charge is 2.29. The molecule has 3 rings (SSSR count). The van der Waals surface area contributed by atoms with Crippen molar-refractivity contribution in [1.82, 2.24) is 14.9 Å². The maximum atomic E-state index is 12.4. The second kappa shape index (κ2) is 6.03. The van der Waals surface area contributed by atoms with E-state index in [4.69, 9.17) is 4.74 Å². The number of nitrogens with zero attached hydrogens (tertiary/aromatic N) is 3. The molecule has 2 heterocycles. The van der Waals surface area contributed by atoms with Gasteiger partial charge in [0.2, 0.25) is 11.6 Å². The number of carbonyl (C=O) groups is 2. The van der Waals surface area contributed by atoms with Crippen LogP contribution in [0, 0.1) is 0 Å². The largest absolute Gasteiger partial charge is 0.444 e. The average molecular weight is 325 g/mol. The molecular formula is C18H19N3O3. The van der Waals surface area contributed by atoms with E-state index in [-0.39, 0.29) is 11.6 Å². The minimum atomic E-state index is -0.550. The molecule has 6 heteroatoms. The van der Waals surface area contributed by atoms with Crippen LogP contribution in [-0.4, -0.2) is 32.3 Å². The van der Waals surface area contributed by atoms with Gasteiger partial charge < -0.3 is 4.74 Å². The minimum Gasteiger partial charge on any atom is -0.444 e. The van der Waals surface area contributed by atoms with Crippen molar-refractivity contribution in [1.29, 1.82) is 0 Å². The number of hydrogen-bond donors (Lipinski definition) is 0. The fourth-order valence-corrected chi connectivity index (χ4v) is 2.44. The van der Waals surface area contributed by atoms with E-state index in [9.17, 15) is 9.59 Å². The predicted octanol–water partition coefficient (Wildman–Crippen LogP) is 2.96. The summed E-state index contributed by atoms with van der Waals surface area (Å²) in [5, 5.41) is 0. The lowest BCUT2D eigenvalue weighted by Gasteiger charge is -2.23. The number of amides is 1. The normalized spacial score (nSPS) is 13.5. The second-order valence-corrected chi connectivity index (χ2v) is 6.70. The van der Waals surface area contributed by atoms with E-state index in [1.54, 1.807) is 35.4 Å². The molecule has 0 saturated heterocycles. The molecule has 2 aromatic rings. The van der Waals surface area contributed by atoms with E-state index in [1.807, 2.05) is 26.8 Å². The number of benzene rings is 1. The Morgan fingerprint density at radius 3 is 2.50 bits per heavy atom. The number of ether oxygens (including phenoxy) is 1. The number of hydrogen-bond acceptors (Lipinski definition) is 5. The summed E-state index contributed by atoms with van der Waals surface area (Å²) in [6.45, 7) is 6.19. The van der Waals surface area contributed by atoms with Gasteiger partial charge in [-0.3, -0.25) is 9.69 Å². The number of ketones is 1. The van der Waals surface area contributed by atoms with Gasteiger partial charge in [-0.25, -0.2) is 14.8 Å². The fraction of sp³-hybridized carbons (Fsp3) is 0.333. The van der Waals surface area contributed by atoms with Crippen LogP contribution in [0.3, 0.4) is 0 Å². The summed E-state index contributed by atoms with van der Waals surface area (Å²) in [5.41, 5.74) is 1.52. The lowest BCUT2D eigenvalue weighted by molar-refractivity contribution is 0.0240. The van der Waals surface area contributed by atoms with Gasteiger partial charge in [-0.1, -0.05) is 30.3 Å². The summed E-state index contributed by atoms with van der Waals surface area (Å²) in [7, 11) is 0. The molecule has 1 aromatic carbocycles. The molecule has 0 fully saturated rings. The molecular weight excluding hydrogens is 306 g/mol. The number of aromatic nitrogens is 2. The van der Waals surface area contributed by atoms with Crippen molar-refractivity contribution in [2.45, 2.75) is 39.5 Å². The molecule has 6 nitrogen and oxygen atoms in total. The van der Waals surface area contributed by atoms with Crippen LogP contribution in [0.5, 0.6) is 0 Å². The first-order chi connectivity index (χ1) is 11.3. The van der Waals surface area contributed by atoms with Gasteiger partial charge in [0, 0.05) is 17.3 Å². The van der Waals surface area contributed by atoms with Gasteiger partial charge >= 0.3 is 6.09 Å². The van der Waals surface area contributed by atoms with E-state index in [2.05, 4.69) is 9.97 Å². The van der Waals surface area contributed by atoms with Crippen molar-refractivity contribution in [3.05, 3.63) is 59.2 Å². The Morgan fingerprint density at radius 1 is 1.12 bits per heavy atom. The molecule has 0 saturated carbocycles. The topological polar surface area (TPSA) is 72.4 Å². The predicted molar refractivity (Wildman–Crippen MR) is 87.4 cm³/mol. The summed E-state index contributed by atoms with van der Waals surface area (Å²) in [6.07, 6.45) is 1.22. The Hall–Kier alpha value is -2.76. The monoisotopic (exact) mass is 325 g/mol. The Bertz CT molecular complexity index is 782. The fourth-order valence-electron chi connectivity index (χ4n) is 2.44. The van der Waals surface area contributed by atoms with Gasteiger partial charge in [0.05, 0.1) is 18.8 Å². The Morgan fingerprint density at radius 2 is 1.83 bits per heavy atom. The van der Waals surface area contributed by atoms with Crippen molar-refractivity contribution in [3.8, 4) is 0 Å². The van der Waals surface area contributed by atoms with Crippen molar-refractivity contribution in [3.63, 3.8) is 0 Å². The third-order valence-electron chi connectivity index (χ3n) is 3.55. The Balaban J connectivity index is 1.77. The van der Waals surface area contributed by atoms with Crippen LogP contribution in [0.1, 0.15) is 48.2 Å². The summed E-state index contributed by atoms with van der Waals surface area (Å²) < 4.78 is 5.37. The molecule has 0 spiro atoms. The molecule has 0 N–H and O–H groups in total. The standard InChI is InChI=1S/C18H19N3O3/c1-18(2,3)24-17(23)21-10-13-9-19-16(20-14(13)11-21)15(22)12-7-5-4-6-8-12/h4-9H,10-11H2,1-3H3. The zero-order valence-electron chi connectivity index (χ0n) is 13.9. The van der Waals surface area contributed by atoms with Crippen molar-refractivity contribution >= 4 is 11.9 Å². The molecule has 0 atom stereocenters. The van der Waals surface area contributed by atoms with Gasteiger partial charge in [-0.15, -0.1) is 0 Å². The van der Waals surface area contributed by atoms with Gasteiger partial charge in [0.15, 0.2) is 0 Å². The van der Waals surface area contributed by atoms with Crippen LogP contribution in [0.15, 0.2) is 36.5 Å². The lowest BCUT2D eigenvalue weighted by atomic mass is 10.1. The molecule has 1 aromatic heterocycles. The van der Waals surface area contributed by atoms with Crippen LogP contribution < -0.4 is 0 Å². The quantitative estimate of drug-likeness (QED) is 0.794. The Labute approximate surface area is 140 Å². The molecule has 1 amide bonds. The zero-order chi connectivity index (χ0) is 17.3. The number of rotatable bonds is 2. The van der Waals surface area contributed by atoms with Crippen molar-refractivity contribution in [2.24, 2.45) is 0 Å². The SMILES string of the molecule is CC(C)(C)OC(=O)N1Cc2cnc(C(=O)c3ccccc3)nc2C1. The van der Waals surface area contributed by atoms with Gasteiger partial charge in [0.1, 0.15) is 5.60 Å². The molecule has 124 valence electrons. The molecule has 24 heavy (non-hydrogen) atoms. The third kappa shape index (κ3) is 3.42. The van der Waals surface area contributed by atoms with Gasteiger partial charge in [-0.05, 0) is 20.8 Å². The number of carbonyl (C=O) groups excluding carboxylic acids is 2. The smallest absolute Gasteiger partial charge is 0.410 e. The minimum absolute atomic E-state index is 0.144. The lowest BCUT2D eigenvalue weighted by Crippen LogP contribution is -2.33. The van der Waals surface area contributed by atoms with E-state index in [1.165, 1.54) is 0 Å². The highest BCUT2D eigenvalue weighted by molar-refractivity contribution is 6.06. The molecule has 0 bridgehead atoms. The molecule has 1 aliphatic rings. The molecule has 1 aliphatic heterocycles.